The van der Waals surface area contributed by atoms with Crippen LogP contribution in [0.3, 0.4) is 0 Å². The largest absolute Gasteiger partial charge is 0.271 e. The molecule has 5 nitrogen and oxygen atoms in total. The van der Waals surface area contributed by atoms with E-state index in [-0.39, 0.29) is 5.91 Å². The van der Waals surface area contributed by atoms with Crippen molar-refractivity contribution in [2.24, 2.45) is 5.92 Å². The number of hydrogen-bond acceptors (Lipinski definition) is 4. The van der Waals surface area contributed by atoms with Crippen molar-refractivity contribution < 1.29 is 4.79 Å². The molecule has 0 amide bonds. The number of carbonyl (C=O) groups is 1. The van der Waals surface area contributed by atoms with Crippen molar-refractivity contribution >= 4 is 5.91 Å². The second-order valence-electron chi connectivity index (χ2n) is 3.83. The third-order valence-electron chi connectivity index (χ3n) is 2.76. The number of carbonyl (C=O) groups excluding carboxylic acids is 1. The molecule has 1 aliphatic rings. The molecule has 0 saturated heterocycles. The van der Waals surface area contributed by atoms with E-state index < -0.39 is 0 Å². The number of nitrogens with zero attached hydrogens (tertiary/aromatic N) is 4. The van der Waals surface area contributed by atoms with Gasteiger partial charge in [-0.2, -0.15) is 0 Å². The Hall–Kier alpha value is -1.26. The fraction of sp³-hybridized carbons (Fsp3) is 0.778. The highest BCUT2D eigenvalue weighted by molar-refractivity contribution is 5.76. The minimum Gasteiger partial charge on any atom is -0.271 e. The summed E-state index contributed by atoms with van der Waals surface area (Å²) in [6.07, 6.45) is 8.01. The average Bonchev–Trinajstić information content (AvgIpc) is 2.72. The number of tetrazole rings is 1. The van der Waals surface area contributed by atoms with E-state index in [4.69, 9.17) is 0 Å². The summed E-state index contributed by atoms with van der Waals surface area (Å²) in [5.74, 6) is 0.497. The molecular formula is C9H14N4O. The maximum Gasteiger partial charge on any atom is 0.266 e. The molecule has 0 radical (unpaired) electrons. The van der Waals surface area contributed by atoms with Crippen LogP contribution in [-0.2, 0) is 0 Å². The van der Waals surface area contributed by atoms with E-state index >= 15 is 0 Å². The van der Waals surface area contributed by atoms with Gasteiger partial charge in [-0.3, -0.25) is 4.79 Å². The summed E-state index contributed by atoms with van der Waals surface area (Å²) in [7, 11) is 0. The van der Waals surface area contributed by atoms with E-state index in [0.29, 0.717) is 12.3 Å². The molecule has 0 aliphatic heterocycles. The van der Waals surface area contributed by atoms with E-state index in [0.717, 1.165) is 4.80 Å². The average molecular weight is 194 g/mol. The van der Waals surface area contributed by atoms with Crippen molar-refractivity contribution in [3.05, 3.63) is 6.33 Å². The van der Waals surface area contributed by atoms with E-state index in [1.54, 1.807) is 0 Å². The van der Waals surface area contributed by atoms with Gasteiger partial charge >= 0.3 is 0 Å². The molecule has 1 aromatic heterocycles. The Morgan fingerprint density at radius 2 is 2.14 bits per heavy atom. The minimum absolute atomic E-state index is 0.0330. The van der Waals surface area contributed by atoms with Crippen molar-refractivity contribution in [2.75, 3.05) is 0 Å². The highest BCUT2D eigenvalue weighted by Gasteiger charge is 2.18. The highest BCUT2D eigenvalue weighted by atomic mass is 16.2. The molecule has 5 heteroatoms. The Balaban J connectivity index is 1.87. The van der Waals surface area contributed by atoms with Crippen LogP contribution in [0, 0.1) is 5.92 Å². The van der Waals surface area contributed by atoms with Crippen molar-refractivity contribution in [2.45, 2.75) is 38.5 Å². The molecule has 0 bridgehead atoms. The molecule has 1 aromatic rings. The summed E-state index contributed by atoms with van der Waals surface area (Å²) < 4.78 is 0. The van der Waals surface area contributed by atoms with Gasteiger partial charge in [0.25, 0.3) is 5.91 Å². The SMILES string of the molecule is O=C(CC1CCCCC1)n1ncnn1. The third-order valence-corrected chi connectivity index (χ3v) is 2.76. The van der Waals surface area contributed by atoms with Gasteiger partial charge in [0, 0.05) is 6.42 Å². The Bertz CT molecular complexity index is 290. The Kier molecular flexibility index (Phi) is 2.86. The number of aromatic nitrogens is 4. The molecule has 0 N–H and O–H groups in total. The van der Waals surface area contributed by atoms with Gasteiger partial charge in [0.1, 0.15) is 0 Å². The van der Waals surface area contributed by atoms with Gasteiger partial charge in [-0.05, 0) is 24.0 Å². The van der Waals surface area contributed by atoms with Crippen molar-refractivity contribution in [3.8, 4) is 0 Å². The Labute approximate surface area is 82.5 Å². The molecule has 0 spiro atoms. The lowest BCUT2D eigenvalue weighted by Crippen LogP contribution is -2.19. The van der Waals surface area contributed by atoms with Crippen LogP contribution in [-0.4, -0.2) is 26.1 Å². The maximum absolute atomic E-state index is 11.6. The zero-order valence-electron chi connectivity index (χ0n) is 8.09. The molecule has 0 atom stereocenters. The van der Waals surface area contributed by atoms with Crippen LogP contribution in [0.4, 0.5) is 0 Å². The molecule has 76 valence electrons. The van der Waals surface area contributed by atoms with E-state index in [2.05, 4.69) is 15.4 Å². The number of rotatable bonds is 2. The van der Waals surface area contributed by atoms with Gasteiger partial charge in [-0.1, -0.05) is 24.1 Å². The molecule has 1 aliphatic carbocycles. The van der Waals surface area contributed by atoms with Gasteiger partial charge in [0.2, 0.25) is 0 Å². The first-order valence-corrected chi connectivity index (χ1v) is 5.12. The Morgan fingerprint density at radius 3 is 2.79 bits per heavy atom. The standard InChI is InChI=1S/C9H14N4O/c14-9(13-11-7-10-12-13)6-8-4-2-1-3-5-8/h7-8H,1-6H2. The second kappa shape index (κ2) is 4.30. The summed E-state index contributed by atoms with van der Waals surface area (Å²) in [5, 5.41) is 10.8. The van der Waals surface area contributed by atoms with Crippen molar-refractivity contribution in [3.63, 3.8) is 0 Å². The van der Waals surface area contributed by atoms with Gasteiger partial charge in [-0.25, -0.2) is 0 Å². The maximum atomic E-state index is 11.6. The van der Waals surface area contributed by atoms with Crippen LogP contribution < -0.4 is 0 Å². The number of hydrogen-bond donors (Lipinski definition) is 0. The van der Waals surface area contributed by atoms with Crippen LogP contribution >= 0.6 is 0 Å². The molecule has 1 heterocycles. The van der Waals surface area contributed by atoms with Crippen LogP contribution in [0.25, 0.3) is 0 Å². The third kappa shape index (κ3) is 2.16. The molecule has 14 heavy (non-hydrogen) atoms. The first-order valence-electron chi connectivity index (χ1n) is 5.12. The first kappa shape index (κ1) is 9.30. The van der Waals surface area contributed by atoms with Crippen LogP contribution in [0.5, 0.6) is 0 Å². The highest BCUT2D eigenvalue weighted by Crippen LogP contribution is 2.26. The lowest BCUT2D eigenvalue weighted by molar-refractivity contribution is 0.0830. The fourth-order valence-electron chi connectivity index (χ4n) is 2.00. The predicted molar refractivity (Wildman–Crippen MR) is 49.6 cm³/mol. The summed E-state index contributed by atoms with van der Waals surface area (Å²) >= 11 is 0. The fourth-order valence-corrected chi connectivity index (χ4v) is 2.00. The molecule has 2 rings (SSSR count). The smallest absolute Gasteiger partial charge is 0.266 e. The predicted octanol–water partition coefficient (Wildman–Crippen LogP) is 1.28. The van der Waals surface area contributed by atoms with E-state index in [9.17, 15) is 4.79 Å². The van der Waals surface area contributed by atoms with Gasteiger partial charge in [0.15, 0.2) is 6.33 Å². The minimum atomic E-state index is -0.0330. The second-order valence-corrected chi connectivity index (χ2v) is 3.83. The van der Waals surface area contributed by atoms with Crippen LogP contribution in [0.2, 0.25) is 0 Å². The van der Waals surface area contributed by atoms with Gasteiger partial charge in [-0.15, -0.1) is 10.2 Å². The molecule has 1 fully saturated rings. The summed E-state index contributed by atoms with van der Waals surface area (Å²) in [6, 6.07) is 0. The van der Waals surface area contributed by atoms with Crippen molar-refractivity contribution in [1.82, 2.24) is 20.2 Å². The normalized spacial score (nSPS) is 18.3. The van der Waals surface area contributed by atoms with E-state index in [1.807, 2.05) is 0 Å². The molecular weight excluding hydrogens is 180 g/mol. The van der Waals surface area contributed by atoms with Gasteiger partial charge < -0.3 is 0 Å². The van der Waals surface area contributed by atoms with E-state index in [1.165, 1.54) is 38.4 Å². The molecule has 0 aromatic carbocycles. The van der Waals surface area contributed by atoms with Gasteiger partial charge in [0.05, 0.1) is 0 Å². The molecule has 0 unspecified atom stereocenters. The quantitative estimate of drug-likeness (QED) is 0.711. The van der Waals surface area contributed by atoms with Crippen molar-refractivity contribution in [1.29, 1.82) is 0 Å². The monoisotopic (exact) mass is 194 g/mol. The zero-order valence-corrected chi connectivity index (χ0v) is 8.09. The zero-order chi connectivity index (χ0) is 9.80. The Morgan fingerprint density at radius 1 is 1.36 bits per heavy atom. The lowest BCUT2D eigenvalue weighted by Gasteiger charge is -2.19. The van der Waals surface area contributed by atoms with Crippen LogP contribution in [0.1, 0.15) is 43.3 Å². The van der Waals surface area contributed by atoms with Crippen LogP contribution in [0.15, 0.2) is 6.33 Å². The summed E-state index contributed by atoms with van der Waals surface area (Å²) in [4.78, 5) is 12.7. The lowest BCUT2D eigenvalue weighted by atomic mass is 9.87. The summed E-state index contributed by atoms with van der Waals surface area (Å²) in [5.41, 5.74) is 0. The first-order chi connectivity index (χ1) is 6.86. The summed E-state index contributed by atoms with van der Waals surface area (Å²) in [6.45, 7) is 0. The molecule has 1 saturated carbocycles. The topological polar surface area (TPSA) is 60.7 Å².